The third-order valence-corrected chi connectivity index (χ3v) is 4.54. The Balaban J connectivity index is 1.77. The van der Waals surface area contributed by atoms with Crippen LogP contribution in [0.3, 0.4) is 0 Å². The van der Waals surface area contributed by atoms with Crippen molar-refractivity contribution in [3.63, 3.8) is 0 Å². The van der Waals surface area contributed by atoms with Gasteiger partial charge in [0.25, 0.3) is 11.6 Å². The summed E-state index contributed by atoms with van der Waals surface area (Å²) in [6, 6.07) is 8.81. The van der Waals surface area contributed by atoms with Crippen LogP contribution in [0.2, 0.25) is 5.02 Å². The van der Waals surface area contributed by atoms with E-state index in [1.165, 1.54) is 31.2 Å². The number of methoxy groups -OCH3 is 2. The first-order valence-corrected chi connectivity index (χ1v) is 8.96. The standard InChI is InChI=1S/C19H17ClN4O6/c1-23(19(25)13-6-4-11(24(26)27)8-15(13)20)10-17-21-18(22-30-17)14-7-5-12(28-2)9-16(14)29-3/h4-9H,10H2,1-3H3. The first-order valence-electron chi connectivity index (χ1n) is 8.58. The second kappa shape index (κ2) is 8.78. The van der Waals surface area contributed by atoms with Gasteiger partial charge in [-0.15, -0.1) is 0 Å². The third kappa shape index (κ3) is 4.33. The highest BCUT2D eigenvalue weighted by atomic mass is 35.5. The Hall–Kier alpha value is -3.66. The van der Waals surface area contributed by atoms with Gasteiger partial charge in [0.15, 0.2) is 0 Å². The van der Waals surface area contributed by atoms with Crippen molar-refractivity contribution in [2.75, 3.05) is 21.3 Å². The molecule has 1 heterocycles. The quantitative estimate of drug-likeness (QED) is 0.410. The van der Waals surface area contributed by atoms with Crippen LogP contribution < -0.4 is 9.47 Å². The number of amides is 1. The van der Waals surface area contributed by atoms with E-state index in [-0.39, 0.29) is 28.7 Å². The fourth-order valence-electron chi connectivity index (χ4n) is 2.68. The number of carbonyl (C=O) groups excluding carboxylic acids is 1. The summed E-state index contributed by atoms with van der Waals surface area (Å²) in [5.74, 6) is 1.15. The van der Waals surface area contributed by atoms with Crippen molar-refractivity contribution in [2.45, 2.75) is 6.54 Å². The number of non-ortho nitro benzene ring substituents is 1. The van der Waals surface area contributed by atoms with Gasteiger partial charge in [0, 0.05) is 25.2 Å². The lowest BCUT2D eigenvalue weighted by atomic mass is 10.2. The summed E-state index contributed by atoms with van der Waals surface area (Å²) in [7, 11) is 4.59. The maximum absolute atomic E-state index is 12.6. The molecule has 0 aliphatic carbocycles. The Labute approximate surface area is 176 Å². The highest BCUT2D eigenvalue weighted by Crippen LogP contribution is 2.31. The van der Waals surface area contributed by atoms with E-state index >= 15 is 0 Å². The average Bonchev–Trinajstić information content (AvgIpc) is 3.20. The summed E-state index contributed by atoms with van der Waals surface area (Å²) in [5.41, 5.74) is 0.524. The molecule has 0 aliphatic heterocycles. The van der Waals surface area contributed by atoms with Gasteiger partial charge in [0.1, 0.15) is 11.5 Å². The van der Waals surface area contributed by atoms with Gasteiger partial charge in [-0.1, -0.05) is 16.8 Å². The minimum Gasteiger partial charge on any atom is -0.497 e. The molecule has 11 heteroatoms. The molecule has 30 heavy (non-hydrogen) atoms. The normalized spacial score (nSPS) is 10.5. The zero-order chi connectivity index (χ0) is 21.8. The molecule has 0 unspecified atom stereocenters. The third-order valence-electron chi connectivity index (χ3n) is 4.23. The number of nitro benzene ring substituents is 1. The number of hydrogen-bond acceptors (Lipinski definition) is 8. The Kier molecular flexibility index (Phi) is 6.17. The van der Waals surface area contributed by atoms with Crippen molar-refractivity contribution in [1.82, 2.24) is 15.0 Å². The molecule has 0 N–H and O–H groups in total. The van der Waals surface area contributed by atoms with E-state index in [9.17, 15) is 14.9 Å². The van der Waals surface area contributed by atoms with E-state index in [1.54, 1.807) is 25.3 Å². The van der Waals surface area contributed by atoms with Crippen LogP contribution in [-0.4, -0.2) is 47.1 Å². The number of nitrogens with zero attached hydrogens (tertiary/aromatic N) is 4. The predicted octanol–water partition coefficient (Wildman–Crippen LogP) is 3.59. The lowest BCUT2D eigenvalue weighted by molar-refractivity contribution is -0.384. The van der Waals surface area contributed by atoms with Gasteiger partial charge >= 0.3 is 0 Å². The summed E-state index contributed by atoms with van der Waals surface area (Å²) in [6.45, 7) is 0.0115. The minimum atomic E-state index is -0.586. The van der Waals surface area contributed by atoms with Crippen molar-refractivity contribution in [2.24, 2.45) is 0 Å². The first-order chi connectivity index (χ1) is 14.3. The Morgan fingerprint density at radius 3 is 2.63 bits per heavy atom. The molecule has 0 saturated carbocycles. The monoisotopic (exact) mass is 432 g/mol. The largest absolute Gasteiger partial charge is 0.497 e. The van der Waals surface area contributed by atoms with Gasteiger partial charge in [0.05, 0.1) is 41.8 Å². The second-order valence-corrected chi connectivity index (χ2v) is 6.57. The van der Waals surface area contributed by atoms with E-state index in [0.717, 1.165) is 6.07 Å². The van der Waals surface area contributed by atoms with Crippen LogP contribution in [0.25, 0.3) is 11.4 Å². The summed E-state index contributed by atoms with van der Waals surface area (Å²) in [5, 5.41) is 14.7. The minimum absolute atomic E-state index is 0.0115. The molecule has 2 aromatic carbocycles. The van der Waals surface area contributed by atoms with Crippen molar-refractivity contribution < 1.29 is 23.7 Å². The maximum atomic E-state index is 12.6. The lowest BCUT2D eigenvalue weighted by Gasteiger charge is -2.15. The molecular weight excluding hydrogens is 416 g/mol. The molecule has 1 aromatic heterocycles. The first kappa shape index (κ1) is 21.1. The van der Waals surface area contributed by atoms with E-state index in [2.05, 4.69) is 10.1 Å². The number of rotatable bonds is 7. The van der Waals surface area contributed by atoms with Crippen LogP contribution in [0, 0.1) is 10.1 Å². The molecule has 3 rings (SSSR count). The summed E-state index contributed by atoms with van der Waals surface area (Å²) >= 11 is 6.03. The molecule has 3 aromatic rings. The molecule has 0 atom stereocenters. The average molecular weight is 433 g/mol. The van der Waals surface area contributed by atoms with E-state index in [1.807, 2.05) is 0 Å². The molecule has 10 nitrogen and oxygen atoms in total. The van der Waals surface area contributed by atoms with Gasteiger partial charge in [0.2, 0.25) is 11.7 Å². The Morgan fingerprint density at radius 1 is 1.23 bits per heavy atom. The van der Waals surface area contributed by atoms with Crippen molar-refractivity contribution in [3.8, 4) is 22.9 Å². The SMILES string of the molecule is COc1ccc(-c2noc(CN(C)C(=O)c3ccc([N+](=O)[O-])cc3Cl)n2)c(OC)c1. The number of halogens is 1. The van der Waals surface area contributed by atoms with Gasteiger partial charge in [-0.25, -0.2) is 0 Å². The number of hydrogen-bond donors (Lipinski definition) is 0. The van der Waals surface area contributed by atoms with Gasteiger partial charge in [-0.05, 0) is 18.2 Å². The van der Waals surface area contributed by atoms with Crippen LogP contribution in [-0.2, 0) is 6.54 Å². The van der Waals surface area contributed by atoms with Crippen molar-refractivity contribution >= 4 is 23.2 Å². The molecule has 156 valence electrons. The van der Waals surface area contributed by atoms with Gasteiger partial charge in [-0.2, -0.15) is 4.98 Å². The van der Waals surface area contributed by atoms with Crippen LogP contribution in [0.1, 0.15) is 16.2 Å². The fraction of sp³-hybridized carbons (Fsp3) is 0.211. The predicted molar refractivity (Wildman–Crippen MR) is 107 cm³/mol. The number of carbonyl (C=O) groups is 1. The van der Waals surface area contributed by atoms with Gasteiger partial charge in [-0.3, -0.25) is 14.9 Å². The van der Waals surface area contributed by atoms with E-state index in [4.69, 9.17) is 25.6 Å². The molecule has 0 saturated heterocycles. The molecule has 0 spiro atoms. The van der Waals surface area contributed by atoms with Crippen LogP contribution in [0.5, 0.6) is 11.5 Å². The summed E-state index contributed by atoms with van der Waals surface area (Å²) in [4.78, 5) is 28.5. The maximum Gasteiger partial charge on any atom is 0.270 e. The molecular formula is C19H17ClN4O6. The topological polar surface area (TPSA) is 121 Å². The molecule has 0 radical (unpaired) electrons. The number of aromatic nitrogens is 2. The van der Waals surface area contributed by atoms with E-state index < -0.39 is 10.8 Å². The molecule has 1 amide bonds. The number of ether oxygens (including phenoxy) is 2. The molecule has 0 fully saturated rings. The lowest BCUT2D eigenvalue weighted by Crippen LogP contribution is -2.26. The van der Waals surface area contributed by atoms with Crippen molar-refractivity contribution in [3.05, 3.63) is 63.0 Å². The Morgan fingerprint density at radius 2 is 2.00 bits per heavy atom. The van der Waals surface area contributed by atoms with Crippen LogP contribution in [0.15, 0.2) is 40.9 Å². The van der Waals surface area contributed by atoms with E-state index in [0.29, 0.717) is 22.9 Å². The fourth-order valence-corrected chi connectivity index (χ4v) is 2.94. The summed E-state index contributed by atoms with van der Waals surface area (Å²) < 4.78 is 15.8. The van der Waals surface area contributed by atoms with Gasteiger partial charge < -0.3 is 18.9 Å². The number of benzene rings is 2. The zero-order valence-electron chi connectivity index (χ0n) is 16.3. The number of nitro groups is 1. The van der Waals surface area contributed by atoms with Crippen LogP contribution in [0.4, 0.5) is 5.69 Å². The van der Waals surface area contributed by atoms with Crippen molar-refractivity contribution in [1.29, 1.82) is 0 Å². The zero-order valence-corrected chi connectivity index (χ0v) is 17.0. The highest BCUT2D eigenvalue weighted by molar-refractivity contribution is 6.34. The molecule has 0 aliphatic rings. The second-order valence-electron chi connectivity index (χ2n) is 6.16. The highest BCUT2D eigenvalue weighted by Gasteiger charge is 2.21. The smallest absolute Gasteiger partial charge is 0.270 e. The Bertz CT molecular complexity index is 1100. The van der Waals surface area contributed by atoms with Crippen LogP contribution >= 0.6 is 11.6 Å². The summed E-state index contributed by atoms with van der Waals surface area (Å²) in [6.07, 6.45) is 0. The molecule has 0 bridgehead atoms.